The molecule has 32 heavy (non-hydrogen) atoms. The van der Waals surface area contributed by atoms with Crippen LogP contribution in [0.5, 0.6) is 5.75 Å². The predicted octanol–water partition coefficient (Wildman–Crippen LogP) is 4.98. The lowest BCUT2D eigenvalue weighted by Gasteiger charge is -2.21. The van der Waals surface area contributed by atoms with Crippen LogP contribution in [0.25, 0.3) is 32.2 Å². The number of carboxylic acid groups (broad SMARTS) is 1. The van der Waals surface area contributed by atoms with Gasteiger partial charge < -0.3 is 14.7 Å². The van der Waals surface area contributed by atoms with Crippen molar-refractivity contribution in [3.05, 3.63) is 47.2 Å². The monoisotopic (exact) mass is 445 g/mol. The lowest BCUT2D eigenvalue weighted by Crippen LogP contribution is -2.16. The van der Waals surface area contributed by atoms with E-state index in [0.29, 0.717) is 6.61 Å². The zero-order valence-corrected chi connectivity index (χ0v) is 18.7. The number of pyridine rings is 1. The van der Waals surface area contributed by atoms with Crippen molar-refractivity contribution in [3.8, 4) is 16.9 Å². The van der Waals surface area contributed by atoms with Gasteiger partial charge in [0.05, 0.1) is 28.8 Å². The number of nitrogens with zero attached hydrogens (tertiary/aromatic N) is 3. The van der Waals surface area contributed by atoms with Crippen molar-refractivity contribution in [2.45, 2.75) is 32.6 Å². The van der Waals surface area contributed by atoms with Crippen molar-refractivity contribution in [1.82, 2.24) is 9.97 Å². The topological polar surface area (TPSA) is 75.5 Å². The number of thiazole rings is 1. The number of rotatable bonds is 4. The molecule has 2 aromatic carbocycles. The molecule has 0 saturated carbocycles. The van der Waals surface area contributed by atoms with Gasteiger partial charge in [-0.15, -0.1) is 0 Å². The van der Waals surface area contributed by atoms with Crippen LogP contribution in [0.2, 0.25) is 0 Å². The Hall–Kier alpha value is -3.19. The first-order chi connectivity index (χ1) is 15.6. The van der Waals surface area contributed by atoms with E-state index in [2.05, 4.69) is 11.0 Å². The zero-order valence-electron chi connectivity index (χ0n) is 17.9. The van der Waals surface area contributed by atoms with E-state index in [-0.39, 0.29) is 6.42 Å². The molecule has 1 saturated heterocycles. The van der Waals surface area contributed by atoms with Crippen LogP contribution in [0.15, 0.2) is 30.5 Å². The number of fused-ring (bicyclic) bond motifs is 1. The average Bonchev–Trinajstić information content (AvgIpc) is 3.45. The number of anilines is 1. The maximum atomic E-state index is 11.8. The van der Waals surface area contributed by atoms with Crippen LogP contribution in [-0.2, 0) is 17.6 Å². The fourth-order valence-electron chi connectivity index (χ4n) is 5.03. The maximum Gasteiger partial charge on any atom is 0.307 e. The van der Waals surface area contributed by atoms with E-state index in [4.69, 9.17) is 14.7 Å². The Morgan fingerprint density at radius 2 is 2.09 bits per heavy atom. The van der Waals surface area contributed by atoms with Crippen molar-refractivity contribution in [2.24, 2.45) is 0 Å². The highest BCUT2D eigenvalue weighted by Crippen LogP contribution is 2.45. The van der Waals surface area contributed by atoms with Gasteiger partial charge in [0, 0.05) is 42.2 Å². The summed E-state index contributed by atoms with van der Waals surface area (Å²) in [6.07, 6.45) is 5.03. The molecule has 0 radical (unpaired) electrons. The molecule has 0 bridgehead atoms. The summed E-state index contributed by atoms with van der Waals surface area (Å²) in [4.78, 5) is 23.9. The molecule has 6 rings (SSSR count). The van der Waals surface area contributed by atoms with Gasteiger partial charge in [-0.2, -0.15) is 0 Å². The van der Waals surface area contributed by atoms with Crippen LogP contribution in [0.3, 0.4) is 0 Å². The number of hydrogen-bond acceptors (Lipinski definition) is 6. The molecule has 0 unspecified atom stereocenters. The van der Waals surface area contributed by atoms with Gasteiger partial charge in [-0.1, -0.05) is 11.3 Å². The molecule has 0 atom stereocenters. The molecular weight excluding hydrogens is 422 g/mol. The molecule has 1 N–H and O–H groups in total. The Labute approximate surface area is 189 Å². The number of aryl methyl sites for hydroxylation is 1. The number of ether oxygens (including phenoxy) is 1. The molecule has 0 spiro atoms. The van der Waals surface area contributed by atoms with Gasteiger partial charge in [0.2, 0.25) is 0 Å². The van der Waals surface area contributed by atoms with Gasteiger partial charge in [0.1, 0.15) is 5.75 Å². The van der Waals surface area contributed by atoms with E-state index in [9.17, 15) is 9.90 Å². The highest BCUT2D eigenvalue weighted by molar-refractivity contribution is 7.22. The second-order valence-corrected chi connectivity index (χ2v) is 9.54. The number of hydrogen-bond donors (Lipinski definition) is 1. The lowest BCUT2D eigenvalue weighted by molar-refractivity contribution is -0.136. The van der Waals surface area contributed by atoms with Gasteiger partial charge in [-0.05, 0) is 60.7 Å². The van der Waals surface area contributed by atoms with Crippen LogP contribution >= 0.6 is 11.3 Å². The van der Waals surface area contributed by atoms with E-state index in [1.165, 1.54) is 18.4 Å². The Morgan fingerprint density at radius 1 is 1.25 bits per heavy atom. The smallest absolute Gasteiger partial charge is 0.307 e. The summed E-state index contributed by atoms with van der Waals surface area (Å²) < 4.78 is 6.95. The molecule has 4 aromatic rings. The van der Waals surface area contributed by atoms with Gasteiger partial charge >= 0.3 is 5.97 Å². The highest BCUT2D eigenvalue weighted by Gasteiger charge is 2.25. The second kappa shape index (κ2) is 7.45. The minimum absolute atomic E-state index is 0.0342. The third-order valence-electron chi connectivity index (χ3n) is 6.54. The van der Waals surface area contributed by atoms with E-state index in [1.807, 2.05) is 31.3 Å². The van der Waals surface area contributed by atoms with Gasteiger partial charge in [-0.3, -0.25) is 9.78 Å². The van der Waals surface area contributed by atoms with Gasteiger partial charge in [0.15, 0.2) is 5.13 Å². The second-order valence-electron chi connectivity index (χ2n) is 8.56. The number of carbonyl (C=O) groups is 1. The summed E-state index contributed by atoms with van der Waals surface area (Å²) >= 11 is 1.67. The zero-order chi connectivity index (χ0) is 21.8. The van der Waals surface area contributed by atoms with Crippen LogP contribution in [0, 0.1) is 6.92 Å². The first-order valence-corrected chi connectivity index (χ1v) is 11.9. The minimum Gasteiger partial charge on any atom is -0.493 e. The lowest BCUT2D eigenvalue weighted by atomic mass is 9.90. The van der Waals surface area contributed by atoms with Gasteiger partial charge in [-0.25, -0.2) is 4.98 Å². The summed E-state index contributed by atoms with van der Waals surface area (Å²) in [5.41, 5.74) is 6.71. The van der Waals surface area contributed by atoms with Crippen molar-refractivity contribution < 1.29 is 14.6 Å². The molecule has 2 aromatic heterocycles. The molecule has 0 amide bonds. The predicted molar refractivity (Wildman–Crippen MR) is 127 cm³/mol. The van der Waals surface area contributed by atoms with Crippen LogP contribution in [0.1, 0.15) is 29.5 Å². The average molecular weight is 446 g/mol. The molecule has 4 heterocycles. The first kappa shape index (κ1) is 19.5. The normalized spacial score (nSPS) is 15.5. The SMILES string of the molecule is Cc1cc2nc(N3CCCC3)sc2c(-c2ccc3c4c(ccnc24)CCO3)c1CC(=O)O. The van der Waals surface area contributed by atoms with Crippen LogP contribution < -0.4 is 9.64 Å². The molecule has 2 aliphatic heterocycles. The largest absolute Gasteiger partial charge is 0.493 e. The fourth-order valence-corrected chi connectivity index (χ4v) is 6.22. The Balaban J connectivity index is 1.67. The molecule has 0 aliphatic carbocycles. The van der Waals surface area contributed by atoms with E-state index in [0.717, 1.165) is 73.8 Å². The van der Waals surface area contributed by atoms with Crippen LogP contribution in [-0.4, -0.2) is 40.7 Å². The molecule has 2 aliphatic rings. The van der Waals surface area contributed by atoms with Crippen LogP contribution in [0.4, 0.5) is 5.13 Å². The summed E-state index contributed by atoms with van der Waals surface area (Å²) in [5.74, 6) is 0.0147. The fraction of sp³-hybridized carbons (Fsp3) is 0.320. The third-order valence-corrected chi connectivity index (χ3v) is 7.69. The standard InChI is InChI=1S/C25H23N3O3S/c1-14-12-18-24(32-25(27-18)28-9-2-3-10-28)22(17(14)13-20(29)30)16-4-5-19-21-15(7-11-31-19)6-8-26-23(16)21/h4-6,8,12H,2-3,7,9-11,13H2,1H3,(H,29,30). The van der Waals surface area contributed by atoms with Crippen molar-refractivity contribution in [3.63, 3.8) is 0 Å². The highest BCUT2D eigenvalue weighted by atomic mass is 32.1. The molecule has 6 nitrogen and oxygen atoms in total. The number of aromatic nitrogens is 2. The first-order valence-electron chi connectivity index (χ1n) is 11.0. The van der Waals surface area contributed by atoms with E-state index >= 15 is 0 Å². The molecule has 162 valence electrons. The summed E-state index contributed by atoms with van der Waals surface area (Å²) in [7, 11) is 0. The minimum atomic E-state index is -0.836. The van der Waals surface area contributed by atoms with Crippen molar-refractivity contribution in [2.75, 3.05) is 24.6 Å². The maximum absolute atomic E-state index is 11.8. The van der Waals surface area contributed by atoms with Crippen molar-refractivity contribution >= 4 is 43.6 Å². The number of benzene rings is 2. The van der Waals surface area contributed by atoms with Gasteiger partial charge in [0.25, 0.3) is 0 Å². The molecular formula is C25H23N3O3S. The number of aliphatic carboxylic acids is 1. The molecule has 1 fully saturated rings. The van der Waals surface area contributed by atoms with E-state index < -0.39 is 5.97 Å². The summed E-state index contributed by atoms with van der Waals surface area (Å²) in [6.45, 7) is 4.70. The number of carboxylic acids is 1. The summed E-state index contributed by atoms with van der Waals surface area (Å²) in [5, 5.41) is 11.8. The third kappa shape index (κ3) is 3.03. The Bertz CT molecular complexity index is 1380. The summed E-state index contributed by atoms with van der Waals surface area (Å²) in [6, 6.07) is 8.13. The van der Waals surface area contributed by atoms with Crippen molar-refractivity contribution in [1.29, 1.82) is 0 Å². The quantitative estimate of drug-likeness (QED) is 0.477. The van der Waals surface area contributed by atoms with E-state index in [1.54, 1.807) is 11.3 Å². The molecule has 7 heteroatoms. The Kier molecular flexibility index (Phi) is 4.54. The Morgan fingerprint density at radius 3 is 2.91 bits per heavy atom.